The number of rotatable bonds is 4. The molecule has 0 spiro atoms. The van der Waals surface area contributed by atoms with Gasteiger partial charge in [0.1, 0.15) is 19.4 Å². The van der Waals surface area contributed by atoms with E-state index in [0.29, 0.717) is 6.61 Å². The first-order valence-electron chi connectivity index (χ1n) is 6.07. The van der Waals surface area contributed by atoms with Gasteiger partial charge in [0.25, 0.3) is 0 Å². The molecule has 0 amide bonds. The van der Waals surface area contributed by atoms with E-state index < -0.39 is 0 Å². The van der Waals surface area contributed by atoms with Crippen LogP contribution in [0.15, 0.2) is 48.8 Å². The number of terminal acetylenes is 1. The number of hydrogen-bond donors (Lipinski definition) is 0. The van der Waals surface area contributed by atoms with Crippen molar-refractivity contribution in [3.05, 3.63) is 59.9 Å². The Morgan fingerprint density at radius 2 is 1.63 bits per heavy atom. The Hall–Kier alpha value is -2.53. The maximum Gasteiger partial charge on any atom is 0.169 e. The second-order valence-electron chi connectivity index (χ2n) is 4.19. The fourth-order valence-corrected chi connectivity index (χ4v) is 1.62. The molecule has 2 heteroatoms. The van der Waals surface area contributed by atoms with Gasteiger partial charge in [-0.3, -0.25) is 0 Å². The van der Waals surface area contributed by atoms with E-state index in [9.17, 15) is 0 Å². The van der Waals surface area contributed by atoms with Crippen molar-refractivity contribution >= 4 is 12.2 Å². The van der Waals surface area contributed by atoms with Gasteiger partial charge in [-0.25, -0.2) is 4.57 Å². The van der Waals surface area contributed by atoms with Gasteiger partial charge >= 0.3 is 0 Å². The zero-order valence-corrected chi connectivity index (χ0v) is 10.9. The van der Waals surface area contributed by atoms with Crippen molar-refractivity contribution in [2.75, 3.05) is 6.61 Å². The van der Waals surface area contributed by atoms with Gasteiger partial charge < -0.3 is 4.74 Å². The summed E-state index contributed by atoms with van der Waals surface area (Å²) in [5.41, 5.74) is 2.30. The molecule has 0 saturated heterocycles. The van der Waals surface area contributed by atoms with Crippen molar-refractivity contribution in [3.63, 3.8) is 0 Å². The van der Waals surface area contributed by atoms with Crippen LogP contribution in [0.3, 0.4) is 0 Å². The minimum Gasteiger partial charge on any atom is -0.481 e. The van der Waals surface area contributed by atoms with E-state index in [0.717, 1.165) is 11.3 Å². The van der Waals surface area contributed by atoms with Crippen LogP contribution < -0.4 is 9.30 Å². The van der Waals surface area contributed by atoms with E-state index in [1.54, 1.807) is 0 Å². The van der Waals surface area contributed by atoms with Crippen LogP contribution in [-0.2, 0) is 7.05 Å². The molecule has 19 heavy (non-hydrogen) atoms. The van der Waals surface area contributed by atoms with Crippen molar-refractivity contribution in [3.8, 4) is 18.1 Å². The molecule has 0 fully saturated rings. The molecule has 0 aliphatic rings. The van der Waals surface area contributed by atoms with Crippen LogP contribution in [0.2, 0.25) is 0 Å². The summed E-state index contributed by atoms with van der Waals surface area (Å²) in [4.78, 5) is 0. The summed E-state index contributed by atoms with van der Waals surface area (Å²) in [6.07, 6.45) is 13.3. The Labute approximate surface area is 114 Å². The van der Waals surface area contributed by atoms with Crippen LogP contribution >= 0.6 is 0 Å². The quantitative estimate of drug-likeness (QED) is 0.600. The smallest absolute Gasteiger partial charge is 0.169 e. The fraction of sp³-hybridized carbons (Fsp3) is 0.118. The van der Waals surface area contributed by atoms with Crippen LogP contribution in [0.25, 0.3) is 12.2 Å². The molecule has 1 heterocycles. The predicted molar refractivity (Wildman–Crippen MR) is 77.3 cm³/mol. The number of aromatic nitrogens is 1. The number of hydrogen-bond acceptors (Lipinski definition) is 1. The lowest BCUT2D eigenvalue weighted by atomic mass is 10.1. The fourth-order valence-electron chi connectivity index (χ4n) is 1.62. The molecule has 1 aromatic heterocycles. The molecule has 0 radical (unpaired) electrons. The minimum absolute atomic E-state index is 0.302. The van der Waals surface area contributed by atoms with Gasteiger partial charge in [0, 0.05) is 12.1 Å². The first kappa shape index (κ1) is 12.9. The monoisotopic (exact) mass is 250 g/mol. The second kappa shape index (κ2) is 6.42. The van der Waals surface area contributed by atoms with Crippen LogP contribution in [0, 0.1) is 12.3 Å². The van der Waals surface area contributed by atoms with E-state index in [-0.39, 0.29) is 0 Å². The summed E-state index contributed by atoms with van der Waals surface area (Å²) in [5, 5.41) is 0. The Kier molecular flexibility index (Phi) is 4.36. The zero-order chi connectivity index (χ0) is 13.5. The highest BCUT2D eigenvalue weighted by Crippen LogP contribution is 2.14. The van der Waals surface area contributed by atoms with Crippen LogP contribution in [-0.4, -0.2) is 6.61 Å². The molecule has 94 valence electrons. The molecule has 2 rings (SSSR count). The molecule has 0 saturated carbocycles. The summed E-state index contributed by atoms with van der Waals surface area (Å²) in [6, 6.07) is 12.0. The summed E-state index contributed by atoms with van der Waals surface area (Å²) in [5.74, 6) is 3.24. The molecule has 0 aliphatic carbocycles. The number of benzene rings is 1. The van der Waals surface area contributed by atoms with Gasteiger partial charge in [-0.15, -0.1) is 6.42 Å². The van der Waals surface area contributed by atoms with Gasteiger partial charge in [0.15, 0.2) is 12.4 Å². The lowest BCUT2D eigenvalue weighted by Crippen LogP contribution is -2.25. The Morgan fingerprint density at radius 3 is 2.21 bits per heavy atom. The van der Waals surface area contributed by atoms with Crippen LogP contribution in [0.5, 0.6) is 5.75 Å². The molecule has 0 unspecified atom stereocenters. The molecule has 1 aromatic carbocycles. The van der Waals surface area contributed by atoms with E-state index in [1.165, 1.54) is 5.56 Å². The van der Waals surface area contributed by atoms with Crippen LogP contribution in [0.1, 0.15) is 11.1 Å². The molecular weight excluding hydrogens is 234 g/mol. The molecule has 0 N–H and O–H groups in total. The molecule has 2 aromatic rings. The Morgan fingerprint density at radius 1 is 1.05 bits per heavy atom. The molecule has 0 bridgehead atoms. The van der Waals surface area contributed by atoms with E-state index in [1.807, 2.05) is 48.3 Å². The molecule has 0 atom stereocenters. The summed E-state index contributed by atoms with van der Waals surface area (Å²) < 4.78 is 7.33. The molecular formula is C17H16NO+. The standard InChI is InChI=1S/C17H16NO/c1-3-14-19-17-8-6-15(7-9-17)4-5-16-10-12-18(2)13-11-16/h1,4-13H,14H2,2H3/q+1/b5-4+. The third-order valence-corrected chi connectivity index (χ3v) is 2.67. The van der Waals surface area contributed by atoms with Crippen LogP contribution in [0.4, 0.5) is 0 Å². The highest BCUT2D eigenvalue weighted by molar-refractivity contribution is 5.69. The first-order valence-corrected chi connectivity index (χ1v) is 6.07. The number of nitrogens with zero attached hydrogens (tertiary/aromatic N) is 1. The Balaban J connectivity index is 2.03. The second-order valence-corrected chi connectivity index (χ2v) is 4.19. The van der Waals surface area contributed by atoms with Gasteiger partial charge in [0.2, 0.25) is 0 Å². The van der Waals surface area contributed by atoms with E-state index >= 15 is 0 Å². The maximum absolute atomic E-state index is 5.32. The third-order valence-electron chi connectivity index (χ3n) is 2.67. The van der Waals surface area contributed by atoms with Gasteiger partial charge in [0.05, 0.1) is 0 Å². The molecule has 2 nitrogen and oxygen atoms in total. The maximum atomic E-state index is 5.32. The SMILES string of the molecule is C#CCOc1ccc(/C=C/c2cc[n+](C)cc2)cc1. The van der Waals surface area contributed by atoms with Crippen molar-refractivity contribution in [1.29, 1.82) is 0 Å². The summed E-state index contributed by atoms with van der Waals surface area (Å²) in [7, 11) is 2.00. The minimum atomic E-state index is 0.302. The van der Waals surface area contributed by atoms with Crippen molar-refractivity contribution < 1.29 is 9.30 Å². The van der Waals surface area contributed by atoms with E-state index in [4.69, 9.17) is 11.2 Å². The third kappa shape index (κ3) is 4.01. The largest absolute Gasteiger partial charge is 0.481 e. The highest BCUT2D eigenvalue weighted by atomic mass is 16.5. The van der Waals surface area contributed by atoms with Crippen molar-refractivity contribution in [2.45, 2.75) is 0 Å². The number of pyridine rings is 1. The predicted octanol–water partition coefficient (Wildman–Crippen LogP) is 2.69. The lowest BCUT2D eigenvalue weighted by molar-refractivity contribution is -0.671. The van der Waals surface area contributed by atoms with Crippen molar-refractivity contribution in [1.82, 2.24) is 0 Å². The zero-order valence-electron chi connectivity index (χ0n) is 10.9. The number of aryl methyl sites for hydroxylation is 1. The molecule has 0 aliphatic heterocycles. The van der Waals surface area contributed by atoms with Crippen molar-refractivity contribution in [2.24, 2.45) is 7.05 Å². The Bertz CT molecular complexity index is 589. The summed E-state index contributed by atoms with van der Waals surface area (Å²) in [6.45, 7) is 0.302. The summed E-state index contributed by atoms with van der Waals surface area (Å²) >= 11 is 0. The van der Waals surface area contributed by atoms with E-state index in [2.05, 4.69) is 30.2 Å². The topological polar surface area (TPSA) is 13.1 Å². The van der Waals surface area contributed by atoms with Gasteiger partial charge in [-0.2, -0.15) is 0 Å². The lowest BCUT2D eigenvalue weighted by Gasteiger charge is -2.01. The average molecular weight is 250 g/mol. The average Bonchev–Trinajstić information content (AvgIpc) is 2.46. The van der Waals surface area contributed by atoms with Gasteiger partial charge in [-0.05, 0) is 23.3 Å². The highest BCUT2D eigenvalue weighted by Gasteiger charge is 1.94. The van der Waals surface area contributed by atoms with Gasteiger partial charge in [-0.1, -0.05) is 30.2 Å². The first-order chi connectivity index (χ1) is 9.28. The normalized spacial score (nSPS) is 10.3. The number of ether oxygens (including phenoxy) is 1.